The second kappa shape index (κ2) is 6.90. The zero-order valence-corrected chi connectivity index (χ0v) is 12.6. The molecule has 0 radical (unpaired) electrons. The van der Waals surface area contributed by atoms with E-state index in [2.05, 4.69) is 0 Å². The van der Waals surface area contributed by atoms with Crippen LogP contribution in [0.4, 0.5) is 0 Å². The van der Waals surface area contributed by atoms with Crippen LogP contribution < -0.4 is 0 Å². The highest BCUT2D eigenvalue weighted by atomic mass is 35.5. The van der Waals surface area contributed by atoms with E-state index >= 15 is 0 Å². The lowest BCUT2D eigenvalue weighted by Gasteiger charge is -2.25. The lowest BCUT2D eigenvalue weighted by Crippen LogP contribution is -2.37. The van der Waals surface area contributed by atoms with Crippen molar-refractivity contribution < 1.29 is 8.42 Å². The Morgan fingerprint density at radius 3 is 2.32 bits per heavy atom. The van der Waals surface area contributed by atoms with Crippen molar-refractivity contribution in [2.75, 3.05) is 6.54 Å². The first-order valence-electron chi connectivity index (χ1n) is 5.97. The number of hydrogen-bond donors (Lipinski definition) is 0. The molecule has 6 heteroatoms. The number of alkyl halides is 1. The fourth-order valence-electron chi connectivity index (χ4n) is 1.70. The summed E-state index contributed by atoms with van der Waals surface area (Å²) < 4.78 is 26.3. The maximum atomic E-state index is 12.5. The van der Waals surface area contributed by atoms with Gasteiger partial charge in [0.05, 0.1) is 11.0 Å². The number of sulfonamides is 1. The molecule has 0 unspecified atom stereocenters. The van der Waals surface area contributed by atoms with E-state index in [1.807, 2.05) is 6.07 Å². The Bertz CT molecular complexity index is 547. The van der Waals surface area contributed by atoms with Crippen LogP contribution in [0.5, 0.6) is 0 Å². The number of benzene rings is 1. The molecular weight excluding hydrogens is 284 g/mol. The minimum Gasteiger partial charge on any atom is -0.207 e. The molecule has 19 heavy (non-hydrogen) atoms. The van der Waals surface area contributed by atoms with Crippen molar-refractivity contribution in [2.24, 2.45) is 0 Å². The topological polar surface area (TPSA) is 61.2 Å². The molecule has 0 amide bonds. The highest BCUT2D eigenvalue weighted by molar-refractivity contribution is 7.89. The molecular formula is C13H17ClN2O2S. The van der Waals surface area contributed by atoms with E-state index < -0.39 is 10.0 Å². The summed E-state index contributed by atoms with van der Waals surface area (Å²) in [6, 6.07) is 8.28. The first kappa shape index (κ1) is 16.0. The van der Waals surface area contributed by atoms with Gasteiger partial charge in [-0.3, -0.25) is 0 Å². The average molecular weight is 301 g/mol. The summed E-state index contributed by atoms with van der Waals surface area (Å²) in [5.41, 5.74) is 0.869. The van der Waals surface area contributed by atoms with E-state index in [1.165, 1.54) is 4.31 Å². The highest BCUT2D eigenvalue weighted by Gasteiger charge is 2.26. The van der Waals surface area contributed by atoms with Crippen LogP contribution in [-0.2, 0) is 15.9 Å². The number of rotatable bonds is 6. The zero-order valence-electron chi connectivity index (χ0n) is 11.0. The van der Waals surface area contributed by atoms with Gasteiger partial charge in [-0.2, -0.15) is 9.57 Å². The lowest BCUT2D eigenvalue weighted by molar-refractivity contribution is 0.360. The lowest BCUT2D eigenvalue weighted by atomic mass is 10.2. The summed E-state index contributed by atoms with van der Waals surface area (Å²) in [7, 11) is -3.56. The van der Waals surface area contributed by atoms with Crippen molar-refractivity contribution in [3.05, 3.63) is 29.8 Å². The molecule has 0 N–H and O–H groups in total. The largest absolute Gasteiger partial charge is 0.243 e. The standard InChI is InChI=1S/C13H17ClN2O2S/c1-11(2)16(9-3-8-15)19(17,18)13-6-4-12(10-14)5-7-13/h4-7,11H,3,9-10H2,1-2H3. The molecule has 0 aliphatic heterocycles. The second-order valence-corrected chi connectivity index (χ2v) is 6.55. The van der Waals surface area contributed by atoms with Crippen molar-refractivity contribution in [3.8, 4) is 6.07 Å². The van der Waals surface area contributed by atoms with E-state index in [-0.39, 0.29) is 23.9 Å². The fourth-order valence-corrected chi connectivity index (χ4v) is 3.52. The van der Waals surface area contributed by atoms with Crippen LogP contribution in [0.2, 0.25) is 0 Å². The van der Waals surface area contributed by atoms with Gasteiger partial charge in [0, 0.05) is 24.9 Å². The fraction of sp³-hybridized carbons (Fsp3) is 0.462. The van der Waals surface area contributed by atoms with Gasteiger partial charge in [0.1, 0.15) is 0 Å². The normalized spacial score (nSPS) is 11.8. The molecule has 0 atom stereocenters. The molecule has 0 aliphatic rings. The minimum atomic E-state index is -3.56. The maximum Gasteiger partial charge on any atom is 0.243 e. The van der Waals surface area contributed by atoms with E-state index in [0.717, 1.165) is 5.56 Å². The van der Waals surface area contributed by atoms with Crippen molar-refractivity contribution in [1.29, 1.82) is 5.26 Å². The number of hydrogen-bond acceptors (Lipinski definition) is 3. The highest BCUT2D eigenvalue weighted by Crippen LogP contribution is 2.19. The van der Waals surface area contributed by atoms with Crippen LogP contribution >= 0.6 is 11.6 Å². The van der Waals surface area contributed by atoms with E-state index in [0.29, 0.717) is 5.88 Å². The van der Waals surface area contributed by atoms with Crippen LogP contribution in [-0.4, -0.2) is 25.3 Å². The van der Waals surface area contributed by atoms with Gasteiger partial charge in [0.2, 0.25) is 10.0 Å². The smallest absolute Gasteiger partial charge is 0.207 e. The van der Waals surface area contributed by atoms with E-state index in [1.54, 1.807) is 38.1 Å². The monoisotopic (exact) mass is 300 g/mol. The Hall–Kier alpha value is -1.09. The van der Waals surface area contributed by atoms with Gasteiger partial charge in [0.15, 0.2) is 0 Å². The van der Waals surface area contributed by atoms with Gasteiger partial charge in [-0.15, -0.1) is 11.6 Å². The predicted molar refractivity (Wildman–Crippen MR) is 75.3 cm³/mol. The first-order valence-corrected chi connectivity index (χ1v) is 7.94. The molecule has 0 bridgehead atoms. The Kier molecular flexibility index (Phi) is 5.80. The quantitative estimate of drug-likeness (QED) is 0.759. The van der Waals surface area contributed by atoms with Gasteiger partial charge in [-0.05, 0) is 31.5 Å². The third kappa shape index (κ3) is 3.93. The molecule has 1 rings (SSSR count). The molecule has 0 spiro atoms. The summed E-state index contributed by atoms with van der Waals surface area (Å²) in [6.45, 7) is 3.79. The molecule has 0 heterocycles. The number of nitrogens with zero attached hydrogens (tertiary/aromatic N) is 2. The molecule has 1 aromatic rings. The second-order valence-electron chi connectivity index (χ2n) is 4.40. The van der Waals surface area contributed by atoms with Crippen LogP contribution in [0.1, 0.15) is 25.8 Å². The van der Waals surface area contributed by atoms with Gasteiger partial charge in [-0.1, -0.05) is 12.1 Å². The molecule has 1 aromatic carbocycles. The number of nitriles is 1. The third-order valence-electron chi connectivity index (χ3n) is 2.70. The average Bonchev–Trinajstić information content (AvgIpc) is 2.38. The van der Waals surface area contributed by atoms with Crippen molar-refractivity contribution in [2.45, 2.75) is 37.1 Å². The van der Waals surface area contributed by atoms with Gasteiger partial charge >= 0.3 is 0 Å². The summed E-state index contributed by atoms with van der Waals surface area (Å²) in [5, 5.41) is 8.62. The third-order valence-corrected chi connectivity index (χ3v) is 5.10. The zero-order chi connectivity index (χ0) is 14.5. The maximum absolute atomic E-state index is 12.5. The van der Waals surface area contributed by atoms with Crippen molar-refractivity contribution >= 4 is 21.6 Å². The van der Waals surface area contributed by atoms with Crippen LogP contribution in [0.25, 0.3) is 0 Å². The van der Waals surface area contributed by atoms with Crippen LogP contribution in [0, 0.1) is 11.3 Å². The van der Waals surface area contributed by atoms with Crippen molar-refractivity contribution in [1.82, 2.24) is 4.31 Å². The van der Waals surface area contributed by atoms with Gasteiger partial charge < -0.3 is 0 Å². The molecule has 4 nitrogen and oxygen atoms in total. The van der Waals surface area contributed by atoms with Crippen LogP contribution in [0.15, 0.2) is 29.2 Å². The number of halogens is 1. The van der Waals surface area contributed by atoms with Gasteiger partial charge in [0.25, 0.3) is 0 Å². The Balaban J connectivity index is 3.08. The van der Waals surface area contributed by atoms with Crippen LogP contribution in [0.3, 0.4) is 0 Å². The minimum absolute atomic E-state index is 0.178. The summed E-state index contributed by atoms with van der Waals surface area (Å²) in [4.78, 5) is 0.230. The summed E-state index contributed by atoms with van der Waals surface area (Å²) in [6.07, 6.45) is 0.178. The molecule has 0 saturated heterocycles. The predicted octanol–water partition coefficient (Wildman–Crippen LogP) is 2.74. The Morgan fingerprint density at radius 2 is 1.89 bits per heavy atom. The molecule has 0 saturated carbocycles. The van der Waals surface area contributed by atoms with Gasteiger partial charge in [-0.25, -0.2) is 8.42 Å². The van der Waals surface area contributed by atoms with E-state index in [4.69, 9.17) is 16.9 Å². The molecule has 0 fully saturated rings. The molecule has 0 aliphatic carbocycles. The Morgan fingerprint density at radius 1 is 1.32 bits per heavy atom. The summed E-state index contributed by atoms with van der Waals surface area (Å²) >= 11 is 5.68. The first-order chi connectivity index (χ1) is 8.93. The molecule has 104 valence electrons. The Labute approximate surface area is 119 Å². The van der Waals surface area contributed by atoms with Crippen molar-refractivity contribution in [3.63, 3.8) is 0 Å². The SMILES string of the molecule is CC(C)N(CCC#N)S(=O)(=O)c1ccc(CCl)cc1. The summed E-state index contributed by atoms with van der Waals surface area (Å²) in [5.74, 6) is 0.350. The van der Waals surface area contributed by atoms with E-state index in [9.17, 15) is 8.42 Å². The molecule has 0 aromatic heterocycles.